The molecule has 4 nitrogen and oxygen atoms in total. The van der Waals surface area contributed by atoms with Crippen molar-refractivity contribution in [1.82, 2.24) is 9.97 Å². The molecule has 0 aliphatic heterocycles. The molecule has 1 fully saturated rings. The first kappa shape index (κ1) is 14.1. The van der Waals surface area contributed by atoms with E-state index in [1.54, 1.807) is 0 Å². The fraction of sp³-hybridized carbons (Fsp3) is 0.733. The SMILES string of the molecule is CCNc1ncc(C)c(NC2CCC(C)C(C)C2)n1. The van der Waals surface area contributed by atoms with Crippen LogP contribution in [0.15, 0.2) is 6.20 Å². The van der Waals surface area contributed by atoms with Gasteiger partial charge in [0.2, 0.25) is 5.95 Å². The molecule has 1 saturated carbocycles. The van der Waals surface area contributed by atoms with Gasteiger partial charge in [0.05, 0.1) is 0 Å². The molecule has 1 aliphatic rings. The minimum Gasteiger partial charge on any atom is -0.367 e. The van der Waals surface area contributed by atoms with Crippen LogP contribution >= 0.6 is 0 Å². The summed E-state index contributed by atoms with van der Waals surface area (Å²) in [6.45, 7) is 9.68. The lowest BCUT2D eigenvalue weighted by atomic mass is 9.79. The Kier molecular flexibility index (Phi) is 4.61. The van der Waals surface area contributed by atoms with Crippen LogP contribution in [0.25, 0.3) is 0 Å². The van der Waals surface area contributed by atoms with E-state index in [-0.39, 0.29) is 0 Å². The molecule has 3 unspecified atom stereocenters. The first-order valence-electron chi connectivity index (χ1n) is 7.44. The molecule has 1 aromatic heterocycles. The first-order chi connectivity index (χ1) is 9.10. The number of anilines is 2. The van der Waals surface area contributed by atoms with Crippen molar-refractivity contribution in [2.75, 3.05) is 17.2 Å². The lowest BCUT2D eigenvalue weighted by molar-refractivity contribution is 0.260. The molecule has 3 atom stereocenters. The van der Waals surface area contributed by atoms with E-state index in [0.29, 0.717) is 12.0 Å². The van der Waals surface area contributed by atoms with Gasteiger partial charge in [-0.25, -0.2) is 4.98 Å². The van der Waals surface area contributed by atoms with Crippen molar-refractivity contribution in [3.05, 3.63) is 11.8 Å². The fourth-order valence-corrected chi connectivity index (χ4v) is 2.70. The van der Waals surface area contributed by atoms with E-state index < -0.39 is 0 Å². The molecule has 19 heavy (non-hydrogen) atoms. The normalized spacial score (nSPS) is 27.1. The monoisotopic (exact) mass is 262 g/mol. The van der Waals surface area contributed by atoms with Crippen LogP contribution in [0, 0.1) is 18.8 Å². The number of rotatable bonds is 4. The predicted molar refractivity (Wildman–Crippen MR) is 80.5 cm³/mol. The topological polar surface area (TPSA) is 49.8 Å². The Hall–Kier alpha value is -1.32. The third-order valence-corrected chi connectivity index (χ3v) is 4.25. The predicted octanol–water partition coefficient (Wildman–Crippen LogP) is 3.45. The highest BCUT2D eigenvalue weighted by atomic mass is 15.1. The summed E-state index contributed by atoms with van der Waals surface area (Å²) in [7, 11) is 0. The second-order valence-corrected chi connectivity index (χ2v) is 5.86. The van der Waals surface area contributed by atoms with Gasteiger partial charge in [-0.3, -0.25) is 0 Å². The number of aryl methyl sites for hydroxylation is 1. The quantitative estimate of drug-likeness (QED) is 0.872. The third kappa shape index (κ3) is 3.58. The molecule has 0 bridgehead atoms. The van der Waals surface area contributed by atoms with Gasteiger partial charge in [0, 0.05) is 24.3 Å². The lowest BCUT2D eigenvalue weighted by Gasteiger charge is -2.33. The Morgan fingerprint density at radius 1 is 1.26 bits per heavy atom. The van der Waals surface area contributed by atoms with Crippen molar-refractivity contribution in [3.63, 3.8) is 0 Å². The minimum atomic E-state index is 0.550. The van der Waals surface area contributed by atoms with Crippen molar-refractivity contribution in [3.8, 4) is 0 Å². The largest absolute Gasteiger partial charge is 0.367 e. The van der Waals surface area contributed by atoms with E-state index in [1.165, 1.54) is 19.3 Å². The molecule has 1 aliphatic carbocycles. The molecule has 4 heteroatoms. The van der Waals surface area contributed by atoms with Crippen molar-refractivity contribution in [2.24, 2.45) is 11.8 Å². The van der Waals surface area contributed by atoms with Gasteiger partial charge in [-0.15, -0.1) is 0 Å². The maximum atomic E-state index is 4.57. The minimum absolute atomic E-state index is 0.550. The van der Waals surface area contributed by atoms with Crippen LogP contribution in [-0.4, -0.2) is 22.6 Å². The molecule has 0 saturated heterocycles. The van der Waals surface area contributed by atoms with Crippen molar-refractivity contribution in [2.45, 2.75) is 53.0 Å². The summed E-state index contributed by atoms with van der Waals surface area (Å²) in [5.74, 6) is 3.34. The number of hydrogen-bond acceptors (Lipinski definition) is 4. The summed E-state index contributed by atoms with van der Waals surface area (Å²) < 4.78 is 0. The van der Waals surface area contributed by atoms with Crippen LogP contribution in [0.2, 0.25) is 0 Å². The van der Waals surface area contributed by atoms with Gasteiger partial charge in [0.1, 0.15) is 5.82 Å². The smallest absolute Gasteiger partial charge is 0.224 e. The maximum absolute atomic E-state index is 4.57. The van der Waals surface area contributed by atoms with Crippen molar-refractivity contribution < 1.29 is 0 Å². The zero-order valence-electron chi connectivity index (χ0n) is 12.5. The van der Waals surface area contributed by atoms with Crippen LogP contribution in [0.3, 0.4) is 0 Å². The summed E-state index contributed by atoms with van der Waals surface area (Å²) >= 11 is 0. The summed E-state index contributed by atoms with van der Waals surface area (Å²) in [6, 6.07) is 0.550. The van der Waals surface area contributed by atoms with Gasteiger partial charge in [0.15, 0.2) is 0 Å². The Bertz CT molecular complexity index is 419. The fourth-order valence-electron chi connectivity index (χ4n) is 2.70. The molecule has 0 radical (unpaired) electrons. The highest BCUT2D eigenvalue weighted by Crippen LogP contribution is 2.31. The van der Waals surface area contributed by atoms with Gasteiger partial charge in [-0.05, 0) is 44.9 Å². The van der Waals surface area contributed by atoms with E-state index in [0.717, 1.165) is 29.8 Å². The highest BCUT2D eigenvalue weighted by Gasteiger charge is 2.24. The van der Waals surface area contributed by atoms with Gasteiger partial charge >= 0.3 is 0 Å². The summed E-state index contributed by atoms with van der Waals surface area (Å²) in [5.41, 5.74) is 1.12. The molecule has 2 rings (SSSR count). The second kappa shape index (κ2) is 6.22. The summed E-state index contributed by atoms with van der Waals surface area (Å²) in [6.07, 6.45) is 5.68. The molecule has 2 N–H and O–H groups in total. The van der Waals surface area contributed by atoms with Crippen LogP contribution in [0.4, 0.5) is 11.8 Å². The Labute approximate surface area is 116 Å². The maximum Gasteiger partial charge on any atom is 0.224 e. The Balaban J connectivity index is 2.04. The second-order valence-electron chi connectivity index (χ2n) is 5.86. The van der Waals surface area contributed by atoms with E-state index in [9.17, 15) is 0 Å². The van der Waals surface area contributed by atoms with E-state index >= 15 is 0 Å². The van der Waals surface area contributed by atoms with E-state index in [2.05, 4.69) is 48.3 Å². The lowest BCUT2D eigenvalue weighted by Crippen LogP contribution is -2.31. The van der Waals surface area contributed by atoms with Gasteiger partial charge in [-0.2, -0.15) is 4.98 Å². The molecule has 1 aromatic rings. The molecule has 0 aromatic carbocycles. The summed E-state index contributed by atoms with van der Waals surface area (Å²) in [4.78, 5) is 8.85. The number of nitrogens with zero attached hydrogens (tertiary/aromatic N) is 2. The van der Waals surface area contributed by atoms with Crippen molar-refractivity contribution >= 4 is 11.8 Å². The van der Waals surface area contributed by atoms with Gasteiger partial charge in [-0.1, -0.05) is 13.8 Å². The standard InChI is InChI=1S/C15H26N4/c1-5-16-15-17-9-12(4)14(19-15)18-13-7-6-10(2)11(3)8-13/h9-11,13H,5-8H2,1-4H3,(H2,16,17,18,19). The molecule has 1 heterocycles. The molecule has 106 valence electrons. The molecule has 0 amide bonds. The van der Waals surface area contributed by atoms with Crippen LogP contribution < -0.4 is 10.6 Å². The van der Waals surface area contributed by atoms with Gasteiger partial charge in [0.25, 0.3) is 0 Å². The summed E-state index contributed by atoms with van der Waals surface area (Å²) in [5, 5.41) is 6.77. The zero-order valence-corrected chi connectivity index (χ0v) is 12.5. The third-order valence-electron chi connectivity index (χ3n) is 4.25. The average molecular weight is 262 g/mol. The van der Waals surface area contributed by atoms with E-state index in [4.69, 9.17) is 0 Å². The number of hydrogen-bond donors (Lipinski definition) is 2. The molecular weight excluding hydrogens is 236 g/mol. The number of aromatic nitrogens is 2. The average Bonchev–Trinajstić information content (AvgIpc) is 2.38. The van der Waals surface area contributed by atoms with Crippen LogP contribution in [-0.2, 0) is 0 Å². The first-order valence-corrected chi connectivity index (χ1v) is 7.44. The zero-order chi connectivity index (χ0) is 13.8. The van der Waals surface area contributed by atoms with Crippen LogP contribution in [0.5, 0.6) is 0 Å². The highest BCUT2D eigenvalue weighted by molar-refractivity contribution is 5.47. The molecule has 0 spiro atoms. The Morgan fingerprint density at radius 3 is 2.74 bits per heavy atom. The van der Waals surface area contributed by atoms with Gasteiger partial charge < -0.3 is 10.6 Å². The Morgan fingerprint density at radius 2 is 2.05 bits per heavy atom. The van der Waals surface area contributed by atoms with Crippen molar-refractivity contribution in [1.29, 1.82) is 0 Å². The van der Waals surface area contributed by atoms with E-state index in [1.807, 2.05) is 6.20 Å². The van der Waals surface area contributed by atoms with Crippen LogP contribution in [0.1, 0.15) is 45.6 Å². The number of nitrogens with one attached hydrogen (secondary N) is 2. The molecular formula is C15H26N4.